The molecule has 0 aliphatic carbocycles. The number of rotatable bonds is 6. The molecule has 1 aliphatic heterocycles. The van der Waals surface area contributed by atoms with Crippen molar-refractivity contribution in [1.82, 2.24) is 14.4 Å². The first-order valence-corrected chi connectivity index (χ1v) is 12.2. The molecule has 0 atom stereocenters. The molecule has 3 heterocycles. The van der Waals surface area contributed by atoms with Crippen LogP contribution in [0.3, 0.4) is 0 Å². The van der Waals surface area contributed by atoms with Crippen LogP contribution < -0.4 is 10.1 Å². The van der Waals surface area contributed by atoms with E-state index in [-0.39, 0.29) is 12.4 Å². The fraction of sp³-hybridized carbons (Fsp3) is 0.250. The van der Waals surface area contributed by atoms with E-state index in [2.05, 4.69) is 15.3 Å². The lowest BCUT2D eigenvalue weighted by Crippen LogP contribution is -2.13. The van der Waals surface area contributed by atoms with Crippen LogP contribution >= 0.6 is 0 Å². The summed E-state index contributed by atoms with van der Waals surface area (Å²) >= 11 is 0. The van der Waals surface area contributed by atoms with Crippen molar-refractivity contribution in [2.75, 3.05) is 11.9 Å². The van der Waals surface area contributed by atoms with Crippen LogP contribution in [0.4, 0.5) is 10.3 Å². The lowest BCUT2D eigenvalue weighted by molar-refractivity contribution is 0.356. The van der Waals surface area contributed by atoms with E-state index in [1.54, 1.807) is 67.3 Å². The largest absolute Gasteiger partial charge is 0.493 e. The summed E-state index contributed by atoms with van der Waals surface area (Å²) in [5.41, 5.74) is 3.90. The minimum absolute atomic E-state index is 0.264. The summed E-state index contributed by atoms with van der Waals surface area (Å²) in [4.78, 5) is 9.07. The molecule has 0 spiro atoms. The first kappa shape index (κ1) is 21.4. The first-order valence-electron chi connectivity index (χ1n) is 10.7. The number of nitrogens with zero attached hydrogens (tertiary/aromatic N) is 3. The van der Waals surface area contributed by atoms with Gasteiger partial charge < -0.3 is 10.1 Å². The maximum absolute atomic E-state index is 14.5. The Hall–Kier alpha value is -3.46. The van der Waals surface area contributed by atoms with Crippen molar-refractivity contribution in [2.24, 2.45) is 0 Å². The Kier molecular flexibility index (Phi) is 5.28. The highest BCUT2D eigenvalue weighted by atomic mass is 32.2. The number of anilines is 1. The van der Waals surface area contributed by atoms with Crippen LogP contribution in [-0.2, 0) is 22.8 Å². The van der Waals surface area contributed by atoms with E-state index in [1.165, 1.54) is 6.07 Å². The van der Waals surface area contributed by atoms with Crippen molar-refractivity contribution in [3.05, 3.63) is 72.1 Å². The zero-order valence-electron chi connectivity index (χ0n) is 18.2. The van der Waals surface area contributed by atoms with Gasteiger partial charge in [-0.15, -0.1) is 0 Å². The van der Waals surface area contributed by atoms with Crippen molar-refractivity contribution in [1.29, 1.82) is 0 Å². The van der Waals surface area contributed by atoms with Gasteiger partial charge in [-0.1, -0.05) is 12.1 Å². The van der Waals surface area contributed by atoms with Gasteiger partial charge in [0.25, 0.3) is 0 Å². The summed E-state index contributed by atoms with van der Waals surface area (Å²) in [5.74, 6) is 0.982. The summed E-state index contributed by atoms with van der Waals surface area (Å²) in [6.45, 7) is 4.15. The fourth-order valence-corrected chi connectivity index (χ4v) is 5.10. The van der Waals surface area contributed by atoms with Gasteiger partial charge in [-0.3, -0.25) is 4.40 Å². The minimum atomic E-state index is -3.34. The molecule has 0 saturated carbocycles. The summed E-state index contributed by atoms with van der Waals surface area (Å²) in [6.07, 6.45) is 5.75. The van der Waals surface area contributed by atoms with E-state index in [0.717, 1.165) is 28.0 Å². The van der Waals surface area contributed by atoms with Crippen LogP contribution in [0, 0.1) is 5.82 Å². The average molecular weight is 467 g/mol. The van der Waals surface area contributed by atoms with Crippen LogP contribution in [0.5, 0.6) is 5.75 Å². The van der Waals surface area contributed by atoms with Crippen molar-refractivity contribution < 1.29 is 17.5 Å². The Balaban J connectivity index is 1.45. The van der Waals surface area contributed by atoms with Gasteiger partial charge in [-0.2, -0.15) is 0 Å². The van der Waals surface area contributed by atoms with Gasteiger partial charge in [0, 0.05) is 35.9 Å². The number of nitrogens with one attached hydrogen (secondary N) is 1. The third-order valence-electron chi connectivity index (χ3n) is 5.94. The van der Waals surface area contributed by atoms with Crippen LogP contribution in [-0.4, -0.2) is 34.6 Å². The molecule has 2 aromatic carbocycles. The second kappa shape index (κ2) is 8.15. The van der Waals surface area contributed by atoms with Gasteiger partial charge in [0.2, 0.25) is 5.95 Å². The number of fused-ring (bicyclic) bond motifs is 2. The van der Waals surface area contributed by atoms with Gasteiger partial charge in [-0.25, -0.2) is 22.8 Å². The summed E-state index contributed by atoms with van der Waals surface area (Å²) < 4.78 is 46.6. The van der Waals surface area contributed by atoms with Crippen molar-refractivity contribution >= 4 is 21.3 Å². The number of ether oxygens (including phenoxy) is 1. The molecule has 33 heavy (non-hydrogen) atoms. The molecular formula is C24H23FN4O3S. The van der Waals surface area contributed by atoms with Crippen molar-refractivity contribution in [2.45, 2.75) is 37.0 Å². The van der Waals surface area contributed by atoms with Crippen LogP contribution in [0.2, 0.25) is 0 Å². The number of hydrogen-bond acceptors (Lipinski definition) is 6. The lowest BCUT2D eigenvalue weighted by Gasteiger charge is -2.13. The fourth-order valence-electron chi connectivity index (χ4n) is 4.04. The first-order chi connectivity index (χ1) is 15.9. The molecule has 2 aromatic heterocycles. The molecular weight excluding hydrogens is 443 g/mol. The minimum Gasteiger partial charge on any atom is -0.493 e. The van der Waals surface area contributed by atoms with E-state index in [0.29, 0.717) is 29.4 Å². The topological polar surface area (TPSA) is 85.6 Å². The molecule has 0 bridgehead atoms. The monoisotopic (exact) mass is 466 g/mol. The predicted octanol–water partition coefficient (Wildman–Crippen LogP) is 4.26. The molecule has 0 fully saturated rings. The van der Waals surface area contributed by atoms with Gasteiger partial charge in [0.1, 0.15) is 17.9 Å². The molecule has 5 rings (SSSR count). The predicted molar refractivity (Wildman–Crippen MR) is 124 cm³/mol. The van der Waals surface area contributed by atoms with Gasteiger partial charge in [0.05, 0.1) is 28.5 Å². The molecule has 4 aromatic rings. The zero-order valence-corrected chi connectivity index (χ0v) is 19.1. The number of halogens is 1. The van der Waals surface area contributed by atoms with Crippen molar-refractivity contribution in [3.8, 4) is 16.9 Å². The molecule has 0 radical (unpaired) electrons. The van der Waals surface area contributed by atoms with E-state index < -0.39 is 15.1 Å². The van der Waals surface area contributed by atoms with Crippen LogP contribution in [0.25, 0.3) is 16.6 Å². The number of imidazole rings is 1. The standard InChI is InChI=1S/C24H23FN4O3S/c1-15(2)33(30,31)17-5-3-16(4-6-17)19-11-27-24(29-14-26-13-22(19)29)28-12-20-18-9-10-32-23(18)8-7-21(20)25/h3-8,11,13-15H,9-10,12H2,1-2H3,(H,27,28). The number of sulfone groups is 1. The summed E-state index contributed by atoms with van der Waals surface area (Å²) in [7, 11) is -3.34. The smallest absolute Gasteiger partial charge is 0.208 e. The Morgan fingerprint density at radius 2 is 1.94 bits per heavy atom. The molecule has 0 amide bonds. The second-order valence-corrected chi connectivity index (χ2v) is 10.7. The Labute approximate surface area is 191 Å². The normalized spacial score (nSPS) is 13.3. The highest BCUT2D eigenvalue weighted by molar-refractivity contribution is 7.92. The number of aromatic nitrogens is 3. The van der Waals surface area contributed by atoms with E-state index >= 15 is 0 Å². The van der Waals surface area contributed by atoms with Gasteiger partial charge in [-0.05, 0) is 43.7 Å². The van der Waals surface area contributed by atoms with E-state index in [4.69, 9.17) is 4.74 Å². The SMILES string of the molecule is CC(C)S(=O)(=O)c1ccc(-c2cnc(NCc3c(F)ccc4c3CCO4)n3cncc23)cc1. The summed E-state index contributed by atoms with van der Waals surface area (Å²) in [5, 5.41) is 2.73. The maximum Gasteiger partial charge on any atom is 0.208 e. The molecule has 1 N–H and O–H groups in total. The van der Waals surface area contributed by atoms with Gasteiger partial charge >= 0.3 is 0 Å². The highest BCUT2D eigenvalue weighted by Crippen LogP contribution is 2.31. The summed E-state index contributed by atoms with van der Waals surface area (Å²) in [6, 6.07) is 9.87. The molecule has 1 aliphatic rings. The highest BCUT2D eigenvalue weighted by Gasteiger charge is 2.21. The van der Waals surface area contributed by atoms with Crippen LogP contribution in [0.1, 0.15) is 25.0 Å². The second-order valence-electron chi connectivity index (χ2n) is 8.22. The Morgan fingerprint density at radius 3 is 2.70 bits per heavy atom. The lowest BCUT2D eigenvalue weighted by atomic mass is 10.0. The van der Waals surface area contributed by atoms with E-state index in [9.17, 15) is 12.8 Å². The maximum atomic E-state index is 14.5. The average Bonchev–Trinajstić information content (AvgIpc) is 3.48. The molecule has 7 nitrogen and oxygen atoms in total. The molecule has 0 unspecified atom stereocenters. The Bertz CT molecular complexity index is 1450. The third kappa shape index (κ3) is 3.72. The number of hydrogen-bond donors (Lipinski definition) is 1. The van der Waals surface area contributed by atoms with Crippen LogP contribution in [0.15, 0.2) is 60.0 Å². The van der Waals surface area contributed by atoms with Gasteiger partial charge in [0.15, 0.2) is 9.84 Å². The number of benzene rings is 2. The van der Waals surface area contributed by atoms with E-state index in [1.807, 2.05) is 0 Å². The zero-order chi connectivity index (χ0) is 23.2. The van der Waals surface area contributed by atoms with Crippen molar-refractivity contribution in [3.63, 3.8) is 0 Å². The quantitative estimate of drug-likeness (QED) is 0.457. The Morgan fingerprint density at radius 1 is 1.15 bits per heavy atom. The molecule has 9 heteroatoms. The molecule has 170 valence electrons. The third-order valence-corrected chi connectivity index (χ3v) is 8.11. The molecule has 0 saturated heterocycles.